The summed E-state index contributed by atoms with van der Waals surface area (Å²) >= 11 is 0. The maximum absolute atomic E-state index is 11.2. The van der Waals surface area contributed by atoms with Gasteiger partial charge in [0.1, 0.15) is 5.82 Å². The lowest BCUT2D eigenvalue weighted by atomic mass is 9.88. The standard InChI is InChI=1S/C12H15N3O/c1-12(2,11(13)16)7-10-14-8-5-3-4-6-9(8)15-10/h3-6H,7H2,1-2H3,(H2,13,16)(H,14,15). The molecule has 0 saturated heterocycles. The van der Waals surface area contributed by atoms with E-state index < -0.39 is 5.41 Å². The predicted molar refractivity (Wildman–Crippen MR) is 62.8 cm³/mol. The second-order valence-corrected chi connectivity index (χ2v) is 4.63. The van der Waals surface area contributed by atoms with Crippen LogP contribution in [-0.2, 0) is 11.2 Å². The van der Waals surface area contributed by atoms with Gasteiger partial charge in [0, 0.05) is 6.42 Å². The number of carbonyl (C=O) groups is 1. The number of aromatic amines is 1. The Morgan fingerprint density at radius 2 is 2.12 bits per heavy atom. The summed E-state index contributed by atoms with van der Waals surface area (Å²) in [4.78, 5) is 18.8. The molecular formula is C12H15N3O. The summed E-state index contributed by atoms with van der Waals surface area (Å²) in [5.74, 6) is 0.484. The molecule has 1 heterocycles. The fourth-order valence-electron chi connectivity index (χ4n) is 1.60. The highest BCUT2D eigenvalue weighted by molar-refractivity contribution is 5.80. The van der Waals surface area contributed by atoms with Crippen molar-refractivity contribution >= 4 is 16.9 Å². The molecule has 1 aromatic heterocycles. The van der Waals surface area contributed by atoms with Crippen LogP contribution in [0.2, 0.25) is 0 Å². The van der Waals surface area contributed by atoms with Crippen molar-refractivity contribution in [2.24, 2.45) is 11.1 Å². The minimum absolute atomic E-state index is 0.312. The van der Waals surface area contributed by atoms with Crippen LogP contribution in [0.5, 0.6) is 0 Å². The normalized spacial score (nSPS) is 11.9. The molecule has 0 radical (unpaired) electrons. The van der Waals surface area contributed by atoms with Crippen LogP contribution in [0.4, 0.5) is 0 Å². The lowest BCUT2D eigenvalue weighted by molar-refractivity contribution is -0.126. The number of H-pyrrole nitrogens is 1. The number of imidazole rings is 1. The zero-order valence-electron chi connectivity index (χ0n) is 9.45. The van der Waals surface area contributed by atoms with Crippen molar-refractivity contribution in [1.82, 2.24) is 9.97 Å². The number of hydrogen-bond donors (Lipinski definition) is 2. The van der Waals surface area contributed by atoms with Crippen LogP contribution in [-0.4, -0.2) is 15.9 Å². The van der Waals surface area contributed by atoms with Gasteiger partial charge < -0.3 is 10.7 Å². The van der Waals surface area contributed by atoms with Crippen LogP contribution in [0.25, 0.3) is 11.0 Å². The summed E-state index contributed by atoms with van der Waals surface area (Å²) < 4.78 is 0. The first-order chi connectivity index (χ1) is 7.49. The van der Waals surface area contributed by atoms with Crippen molar-refractivity contribution in [3.8, 4) is 0 Å². The van der Waals surface area contributed by atoms with Crippen molar-refractivity contribution in [3.63, 3.8) is 0 Å². The van der Waals surface area contributed by atoms with Crippen LogP contribution in [0.15, 0.2) is 24.3 Å². The van der Waals surface area contributed by atoms with Crippen LogP contribution < -0.4 is 5.73 Å². The van der Waals surface area contributed by atoms with E-state index in [-0.39, 0.29) is 5.91 Å². The van der Waals surface area contributed by atoms with Crippen LogP contribution >= 0.6 is 0 Å². The van der Waals surface area contributed by atoms with Gasteiger partial charge in [-0.25, -0.2) is 4.98 Å². The van der Waals surface area contributed by atoms with Gasteiger partial charge in [0.2, 0.25) is 5.91 Å². The smallest absolute Gasteiger partial charge is 0.223 e. The topological polar surface area (TPSA) is 71.8 Å². The van der Waals surface area contributed by atoms with E-state index >= 15 is 0 Å². The zero-order chi connectivity index (χ0) is 11.8. The predicted octanol–water partition coefficient (Wildman–Crippen LogP) is 1.62. The highest BCUT2D eigenvalue weighted by Crippen LogP contribution is 2.21. The zero-order valence-corrected chi connectivity index (χ0v) is 9.45. The van der Waals surface area contributed by atoms with Gasteiger partial charge in [-0.05, 0) is 12.1 Å². The van der Waals surface area contributed by atoms with E-state index in [0.29, 0.717) is 6.42 Å². The van der Waals surface area contributed by atoms with Crippen LogP contribution in [0, 0.1) is 5.41 Å². The van der Waals surface area contributed by atoms with Gasteiger partial charge in [-0.1, -0.05) is 26.0 Å². The van der Waals surface area contributed by atoms with Gasteiger partial charge >= 0.3 is 0 Å². The van der Waals surface area contributed by atoms with Crippen molar-refractivity contribution in [2.45, 2.75) is 20.3 Å². The average molecular weight is 217 g/mol. The first-order valence-corrected chi connectivity index (χ1v) is 5.22. The molecular weight excluding hydrogens is 202 g/mol. The molecule has 0 aliphatic rings. The molecule has 2 aromatic rings. The molecule has 1 aromatic carbocycles. The van der Waals surface area contributed by atoms with Crippen molar-refractivity contribution < 1.29 is 4.79 Å². The Labute approximate surface area is 93.9 Å². The Morgan fingerprint density at radius 1 is 1.44 bits per heavy atom. The Balaban J connectivity index is 2.32. The van der Waals surface area contributed by atoms with Gasteiger partial charge in [-0.15, -0.1) is 0 Å². The highest BCUT2D eigenvalue weighted by atomic mass is 16.1. The third-order valence-corrected chi connectivity index (χ3v) is 2.71. The van der Waals surface area contributed by atoms with E-state index in [2.05, 4.69) is 9.97 Å². The van der Waals surface area contributed by atoms with E-state index in [1.165, 1.54) is 0 Å². The average Bonchev–Trinajstić information content (AvgIpc) is 2.58. The summed E-state index contributed by atoms with van der Waals surface area (Å²) in [6, 6.07) is 7.78. The van der Waals surface area contributed by atoms with Gasteiger partial charge in [0.25, 0.3) is 0 Å². The van der Waals surface area contributed by atoms with Crippen molar-refractivity contribution in [3.05, 3.63) is 30.1 Å². The number of aromatic nitrogens is 2. The number of carbonyl (C=O) groups excluding carboxylic acids is 1. The third-order valence-electron chi connectivity index (χ3n) is 2.71. The molecule has 2 rings (SSSR count). The lowest BCUT2D eigenvalue weighted by Gasteiger charge is -2.18. The molecule has 0 atom stereocenters. The number of amides is 1. The first-order valence-electron chi connectivity index (χ1n) is 5.22. The molecule has 0 saturated carbocycles. The summed E-state index contributed by atoms with van der Waals surface area (Å²) in [6.45, 7) is 3.64. The largest absolute Gasteiger partial charge is 0.369 e. The number of nitrogens with one attached hydrogen (secondary N) is 1. The van der Waals surface area contributed by atoms with E-state index in [0.717, 1.165) is 16.9 Å². The maximum atomic E-state index is 11.2. The summed E-state index contributed by atoms with van der Waals surface area (Å²) in [5, 5.41) is 0. The number of hydrogen-bond acceptors (Lipinski definition) is 2. The summed E-state index contributed by atoms with van der Waals surface area (Å²) in [5.41, 5.74) is 6.65. The monoisotopic (exact) mass is 217 g/mol. The maximum Gasteiger partial charge on any atom is 0.223 e. The molecule has 0 aliphatic heterocycles. The summed E-state index contributed by atoms with van der Waals surface area (Å²) in [6.07, 6.45) is 0.525. The number of rotatable bonds is 3. The molecule has 4 nitrogen and oxygen atoms in total. The molecule has 0 fully saturated rings. The van der Waals surface area contributed by atoms with Gasteiger partial charge in [-0.3, -0.25) is 4.79 Å². The minimum Gasteiger partial charge on any atom is -0.369 e. The molecule has 0 unspecified atom stereocenters. The highest BCUT2D eigenvalue weighted by Gasteiger charge is 2.26. The molecule has 0 aliphatic carbocycles. The molecule has 3 N–H and O–H groups in total. The van der Waals surface area contributed by atoms with E-state index in [4.69, 9.17) is 5.73 Å². The van der Waals surface area contributed by atoms with Crippen LogP contribution in [0.1, 0.15) is 19.7 Å². The SMILES string of the molecule is CC(C)(Cc1nc2ccccc2[nH]1)C(N)=O. The van der Waals surface area contributed by atoms with Gasteiger partial charge in [-0.2, -0.15) is 0 Å². The van der Waals surface area contributed by atoms with Crippen molar-refractivity contribution in [2.75, 3.05) is 0 Å². The lowest BCUT2D eigenvalue weighted by Crippen LogP contribution is -2.33. The molecule has 4 heteroatoms. The van der Waals surface area contributed by atoms with Gasteiger partial charge in [0.15, 0.2) is 0 Å². The Morgan fingerprint density at radius 3 is 2.75 bits per heavy atom. The first kappa shape index (κ1) is 10.7. The Kier molecular flexibility index (Phi) is 2.42. The Bertz CT molecular complexity index is 495. The number of benzene rings is 1. The fourth-order valence-corrected chi connectivity index (χ4v) is 1.60. The fraction of sp³-hybridized carbons (Fsp3) is 0.333. The minimum atomic E-state index is -0.576. The van der Waals surface area contributed by atoms with E-state index in [1.807, 2.05) is 38.1 Å². The number of para-hydroxylation sites is 2. The molecule has 16 heavy (non-hydrogen) atoms. The molecule has 84 valence electrons. The third kappa shape index (κ3) is 1.91. The number of nitrogens with zero attached hydrogens (tertiary/aromatic N) is 1. The number of nitrogens with two attached hydrogens (primary N) is 1. The van der Waals surface area contributed by atoms with E-state index in [1.54, 1.807) is 0 Å². The second kappa shape index (κ2) is 3.63. The number of primary amides is 1. The quantitative estimate of drug-likeness (QED) is 0.820. The van der Waals surface area contributed by atoms with Crippen LogP contribution in [0.3, 0.4) is 0 Å². The summed E-state index contributed by atoms with van der Waals surface area (Å²) in [7, 11) is 0. The Hall–Kier alpha value is -1.84. The molecule has 1 amide bonds. The molecule has 0 spiro atoms. The number of fused-ring (bicyclic) bond motifs is 1. The van der Waals surface area contributed by atoms with Gasteiger partial charge in [0.05, 0.1) is 16.4 Å². The molecule has 0 bridgehead atoms. The van der Waals surface area contributed by atoms with Crippen molar-refractivity contribution in [1.29, 1.82) is 0 Å². The second-order valence-electron chi connectivity index (χ2n) is 4.63. The van der Waals surface area contributed by atoms with E-state index in [9.17, 15) is 4.79 Å².